The van der Waals surface area contributed by atoms with Gasteiger partial charge in [0.05, 0.1) is 17.9 Å². The van der Waals surface area contributed by atoms with Crippen molar-refractivity contribution in [1.29, 1.82) is 0 Å². The summed E-state index contributed by atoms with van der Waals surface area (Å²) in [6.45, 7) is 12.4. The van der Waals surface area contributed by atoms with Gasteiger partial charge in [-0.25, -0.2) is 0 Å². The zero-order valence-corrected chi connectivity index (χ0v) is 9.80. The van der Waals surface area contributed by atoms with Gasteiger partial charge in [-0.1, -0.05) is 20.4 Å². The number of fused-ring (bicyclic) bond motifs is 1. The number of nitrogens with one attached hydrogen (secondary N) is 1. The maximum absolute atomic E-state index is 4.41. The molecule has 3 heteroatoms. The van der Waals surface area contributed by atoms with E-state index in [4.69, 9.17) is 0 Å². The van der Waals surface area contributed by atoms with Crippen LogP contribution in [0.1, 0.15) is 43.6 Å². The highest BCUT2D eigenvalue weighted by Gasteiger charge is 2.22. The lowest BCUT2D eigenvalue weighted by molar-refractivity contribution is 0.320. The maximum atomic E-state index is 4.41. The van der Waals surface area contributed by atoms with Crippen LogP contribution in [0.5, 0.6) is 0 Å². The molecule has 1 aromatic rings. The van der Waals surface area contributed by atoms with E-state index in [-0.39, 0.29) is 0 Å². The fourth-order valence-corrected chi connectivity index (χ4v) is 2.15. The molecule has 0 fully saturated rings. The normalized spacial score (nSPS) is 15.6. The van der Waals surface area contributed by atoms with Crippen molar-refractivity contribution in [1.82, 2.24) is 15.1 Å². The summed E-state index contributed by atoms with van der Waals surface area (Å²) in [4.78, 5) is 2.30. The number of hydrogen-bond donors (Lipinski definition) is 1. The number of nitrogens with zero attached hydrogens (tertiary/aromatic N) is 2. The van der Waals surface area contributed by atoms with E-state index in [9.17, 15) is 0 Å². The molecular formula is C12H19N3. The Balaban J connectivity index is 2.26. The van der Waals surface area contributed by atoms with E-state index in [2.05, 4.69) is 42.4 Å². The smallest absolute Gasteiger partial charge is 0.0683 e. The van der Waals surface area contributed by atoms with Crippen LogP contribution in [0, 0.1) is 0 Å². The standard InChI is InChI=1S/C12H19N3/c1-8(2)12-10-5-6-15(9(3)4)7-11(10)13-14-12/h8H,3,5-7H2,1-2,4H3,(H,13,14). The van der Waals surface area contributed by atoms with Crippen molar-refractivity contribution in [3.8, 4) is 0 Å². The average molecular weight is 205 g/mol. The second-order valence-electron chi connectivity index (χ2n) is 4.63. The highest BCUT2D eigenvalue weighted by Crippen LogP contribution is 2.26. The monoisotopic (exact) mass is 205 g/mol. The Morgan fingerprint density at radius 2 is 2.27 bits per heavy atom. The van der Waals surface area contributed by atoms with E-state index in [1.54, 1.807) is 0 Å². The number of rotatable bonds is 2. The van der Waals surface area contributed by atoms with Crippen molar-refractivity contribution in [2.45, 2.75) is 39.7 Å². The first-order chi connectivity index (χ1) is 7.09. The molecule has 1 aliphatic rings. The van der Waals surface area contributed by atoms with Crippen molar-refractivity contribution >= 4 is 0 Å². The third-order valence-electron chi connectivity index (χ3n) is 3.05. The largest absolute Gasteiger partial charge is 0.369 e. The molecule has 2 rings (SSSR count). The predicted molar refractivity (Wildman–Crippen MR) is 61.6 cm³/mol. The molecule has 0 aliphatic carbocycles. The molecule has 0 saturated carbocycles. The molecule has 0 unspecified atom stereocenters. The van der Waals surface area contributed by atoms with Gasteiger partial charge in [-0.3, -0.25) is 5.10 Å². The summed E-state index contributed by atoms with van der Waals surface area (Å²) < 4.78 is 0. The molecule has 0 atom stereocenters. The second-order valence-corrected chi connectivity index (χ2v) is 4.63. The topological polar surface area (TPSA) is 31.9 Å². The van der Waals surface area contributed by atoms with Crippen LogP contribution in [0.4, 0.5) is 0 Å². The quantitative estimate of drug-likeness (QED) is 0.804. The fourth-order valence-electron chi connectivity index (χ4n) is 2.15. The van der Waals surface area contributed by atoms with Crippen molar-refractivity contribution in [3.05, 3.63) is 29.2 Å². The molecule has 1 aromatic heterocycles. The van der Waals surface area contributed by atoms with Crippen LogP contribution in [0.25, 0.3) is 0 Å². The van der Waals surface area contributed by atoms with Crippen LogP contribution in [0.3, 0.4) is 0 Å². The lowest BCUT2D eigenvalue weighted by Gasteiger charge is -2.29. The highest BCUT2D eigenvalue weighted by atomic mass is 15.2. The minimum Gasteiger partial charge on any atom is -0.369 e. The number of aromatic nitrogens is 2. The summed E-state index contributed by atoms with van der Waals surface area (Å²) in [5.41, 5.74) is 5.09. The van der Waals surface area contributed by atoms with E-state index in [0.29, 0.717) is 5.92 Å². The Labute approximate surface area is 91.2 Å². The summed E-state index contributed by atoms with van der Waals surface area (Å²) in [5, 5.41) is 7.57. The maximum Gasteiger partial charge on any atom is 0.0683 e. The molecule has 0 spiro atoms. The Morgan fingerprint density at radius 1 is 1.53 bits per heavy atom. The molecule has 3 nitrogen and oxygen atoms in total. The Kier molecular flexibility index (Phi) is 2.55. The number of allylic oxidation sites excluding steroid dienone is 1. The number of hydrogen-bond acceptors (Lipinski definition) is 2. The van der Waals surface area contributed by atoms with Crippen molar-refractivity contribution in [3.63, 3.8) is 0 Å². The Hall–Kier alpha value is -1.25. The van der Waals surface area contributed by atoms with Gasteiger partial charge in [0.2, 0.25) is 0 Å². The van der Waals surface area contributed by atoms with Gasteiger partial charge in [0.25, 0.3) is 0 Å². The lowest BCUT2D eigenvalue weighted by Crippen LogP contribution is -2.28. The van der Waals surface area contributed by atoms with Crippen molar-refractivity contribution in [2.24, 2.45) is 0 Å². The van der Waals surface area contributed by atoms with E-state index in [1.807, 2.05) is 0 Å². The van der Waals surface area contributed by atoms with E-state index >= 15 is 0 Å². The predicted octanol–water partition coefficient (Wildman–Crippen LogP) is 2.42. The lowest BCUT2D eigenvalue weighted by atomic mass is 9.98. The van der Waals surface area contributed by atoms with Crippen LogP contribution >= 0.6 is 0 Å². The molecule has 0 amide bonds. The third kappa shape index (κ3) is 1.78. The van der Waals surface area contributed by atoms with Crippen LogP contribution in [-0.4, -0.2) is 21.6 Å². The summed E-state index contributed by atoms with van der Waals surface area (Å²) in [5.74, 6) is 0.515. The van der Waals surface area contributed by atoms with E-state index in [0.717, 1.165) is 25.2 Å². The average Bonchev–Trinajstić information content (AvgIpc) is 2.59. The summed E-state index contributed by atoms with van der Waals surface area (Å²) in [6, 6.07) is 0. The second kappa shape index (κ2) is 3.72. The molecule has 0 radical (unpaired) electrons. The van der Waals surface area contributed by atoms with E-state index in [1.165, 1.54) is 17.0 Å². The van der Waals surface area contributed by atoms with Crippen LogP contribution in [0.2, 0.25) is 0 Å². The zero-order valence-electron chi connectivity index (χ0n) is 9.80. The summed E-state index contributed by atoms with van der Waals surface area (Å²) in [6.07, 6.45) is 1.09. The van der Waals surface area contributed by atoms with Gasteiger partial charge < -0.3 is 4.90 Å². The Bertz CT molecular complexity index is 376. The molecular weight excluding hydrogens is 186 g/mol. The van der Waals surface area contributed by atoms with Gasteiger partial charge in [0.15, 0.2) is 0 Å². The molecule has 0 bridgehead atoms. The first-order valence-corrected chi connectivity index (χ1v) is 5.56. The van der Waals surface area contributed by atoms with E-state index < -0.39 is 0 Å². The summed E-state index contributed by atoms with van der Waals surface area (Å²) >= 11 is 0. The van der Waals surface area contributed by atoms with Crippen molar-refractivity contribution in [2.75, 3.05) is 6.54 Å². The van der Waals surface area contributed by atoms with Gasteiger partial charge >= 0.3 is 0 Å². The van der Waals surface area contributed by atoms with Gasteiger partial charge in [0, 0.05) is 17.8 Å². The van der Waals surface area contributed by atoms with Crippen LogP contribution < -0.4 is 0 Å². The molecule has 1 aliphatic heterocycles. The molecule has 0 aromatic carbocycles. The molecule has 82 valence electrons. The molecule has 15 heavy (non-hydrogen) atoms. The van der Waals surface area contributed by atoms with Gasteiger partial charge in [-0.15, -0.1) is 0 Å². The van der Waals surface area contributed by atoms with Gasteiger partial charge in [0.1, 0.15) is 0 Å². The molecule has 0 saturated heterocycles. The SMILES string of the molecule is C=C(C)N1CCc2c(C(C)C)n[nH]c2C1. The van der Waals surface area contributed by atoms with Crippen LogP contribution in [0.15, 0.2) is 12.3 Å². The van der Waals surface area contributed by atoms with Crippen molar-refractivity contribution < 1.29 is 0 Å². The molecule has 1 N–H and O–H groups in total. The first kappa shape index (κ1) is 10.3. The molecule has 2 heterocycles. The minimum absolute atomic E-state index is 0.515. The first-order valence-electron chi connectivity index (χ1n) is 5.56. The van der Waals surface area contributed by atoms with Gasteiger partial charge in [-0.05, 0) is 19.3 Å². The number of aromatic amines is 1. The number of H-pyrrole nitrogens is 1. The van der Waals surface area contributed by atoms with Crippen LogP contribution in [-0.2, 0) is 13.0 Å². The summed E-state index contributed by atoms with van der Waals surface area (Å²) in [7, 11) is 0. The van der Waals surface area contributed by atoms with Gasteiger partial charge in [-0.2, -0.15) is 5.10 Å². The minimum atomic E-state index is 0.515. The third-order valence-corrected chi connectivity index (χ3v) is 3.05. The fraction of sp³-hybridized carbons (Fsp3) is 0.583. The Morgan fingerprint density at radius 3 is 2.87 bits per heavy atom. The zero-order chi connectivity index (χ0) is 11.0. The highest BCUT2D eigenvalue weighted by molar-refractivity contribution is 5.30.